The summed E-state index contributed by atoms with van der Waals surface area (Å²) in [5.41, 5.74) is 0.264. The minimum atomic E-state index is -3.08. The molecule has 1 amide bonds. The highest BCUT2D eigenvalue weighted by Crippen LogP contribution is 2.32. The van der Waals surface area contributed by atoms with Crippen molar-refractivity contribution in [2.75, 3.05) is 51.4 Å². The van der Waals surface area contributed by atoms with Gasteiger partial charge in [0.1, 0.15) is 6.61 Å². The molecule has 0 spiro atoms. The van der Waals surface area contributed by atoms with E-state index in [9.17, 15) is 18.4 Å². The van der Waals surface area contributed by atoms with Crippen LogP contribution in [0.5, 0.6) is 11.5 Å². The van der Waals surface area contributed by atoms with Gasteiger partial charge in [-0.3, -0.25) is 19.5 Å². The Balaban J connectivity index is 1.48. The predicted octanol–water partition coefficient (Wildman–Crippen LogP) is 4.67. The third kappa shape index (κ3) is 9.58. The first kappa shape index (κ1) is 28.8. The first-order valence-corrected chi connectivity index (χ1v) is 12.4. The Bertz CT molecular complexity index is 1040. The summed E-state index contributed by atoms with van der Waals surface area (Å²) in [7, 11) is 0. The second kappa shape index (κ2) is 14.9. The number of pyridine rings is 1. The van der Waals surface area contributed by atoms with E-state index >= 15 is 0 Å². The number of benzene rings is 1. The second-order valence-corrected chi connectivity index (χ2v) is 8.77. The molecule has 13 heteroatoms. The summed E-state index contributed by atoms with van der Waals surface area (Å²) in [6.07, 6.45) is 3.75. The number of unbranched alkanes of at least 4 members (excludes halogenated alkanes) is 1. The Kier molecular flexibility index (Phi) is 11.6. The predicted molar refractivity (Wildman–Crippen MR) is 133 cm³/mol. The summed E-state index contributed by atoms with van der Waals surface area (Å²) in [5.74, 6) is -1.19. The van der Waals surface area contributed by atoms with E-state index in [1.165, 1.54) is 30.6 Å². The van der Waals surface area contributed by atoms with Gasteiger partial charge in [-0.15, -0.1) is 0 Å². The fourth-order valence-electron chi connectivity index (χ4n) is 3.41. The van der Waals surface area contributed by atoms with E-state index in [4.69, 9.17) is 37.4 Å². The first-order valence-electron chi connectivity index (χ1n) is 11.6. The van der Waals surface area contributed by atoms with Crippen molar-refractivity contribution in [2.45, 2.75) is 25.9 Å². The number of anilines is 1. The van der Waals surface area contributed by atoms with Crippen LogP contribution in [-0.4, -0.2) is 74.4 Å². The normalized spacial score (nSPS) is 13.9. The van der Waals surface area contributed by atoms with E-state index in [0.717, 1.165) is 13.1 Å². The van der Waals surface area contributed by atoms with Gasteiger partial charge >= 0.3 is 12.6 Å². The van der Waals surface area contributed by atoms with Gasteiger partial charge in [0.25, 0.3) is 5.91 Å². The van der Waals surface area contributed by atoms with Crippen molar-refractivity contribution < 1.29 is 37.3 Å². The van der Waals surface area contributed by atoms with Crippen molar-refractivity contribution in [2.24, 2.45) is 0 Å². The Morgan fingerprint density at radius 1 is 1.08 bits per heavy atom. The molecule has 1 aromatic heterocycles. The van der Waals surface area contributed by atoms with Crippen LogP contribution in [0.25, 0.3) is 0 Å². The van der Waals surface area contributed by atoms with E-state index in [0.29, 0.717) is 39.2 Å². The van der Waals surface area contributed by atoms with Crippen LogP contribution >= 0.6 is 23.2 Å². The highest BCUT2D eigenvalue weighted by molar-refractivity contribution is 6.39. The van der Waals surface area contributed by atoms with Gasteiger partial charge in [-0.2, -0.15) is 8.78 Å². The lowest BCUT2D eigenvalue weighted by Crippen LogP contribution is -2.38. The van der Waals surface area contributed by atoms with Crippen LogP contribution in [-0.2, 0) is 14.3 Å². The average Bonchev–Trinajstić information content (AvgIpc) is 2.87. The van der Waals surface area contributed by atoms with Gasteiger partial charge in [-0.1, -0.05) is 23.2 Å². The smallest absolute Gasteiger partial charge is 0.387 e. The molecule has 1 fully saturated rings. The molecule has 0 unspecified atom stereocenters. The van der Waals surface area contributed by atoms with Crippen molar-refractivity contribution >= 4 is 40.8 Å². The lowest BCUT2D eigenvalue weighted by atomic mass is 10.2. The number of amides is 1. The van der Waals surface area contributed by atoms with E-state index < -0.39 is 12.5 Å². The molecule has 3 rings (SSSR count). The number of ether oxygens (including phenoxy) is 4. The van der Waals surface area contributed by atoms with Crippen LogP contribution in [0.1, 0.15) is 29.6 Å². The zero-order valence-corrected chi connectivity index (χ0v) is 21.4. The molecule has 1 N–H and O–H groups in total. The molecule has 0 bridgehead atoms. The largest absolute Gasteiger partial charge is 0.490 e. The SMILES string of the molecule is O=C(CCCCOc1cc(C(=O)Nc2c(Cl)cncc2Cl)ccc1OC(F)F)OCCN1CCOCC1. The van der Waals surface area contributed by atoms with Gasteiger partial charge in [0.2, 0.25) is 0 Å². The summed E-state index contributed by atoms with van der Waals surface area (Å²) < 4.78 is 46.3. The number of hydrogen-bond acceptors (Lipinski definition) is 8. The number of morpholine rings is 1. The molecule has 2 heterocycles. The summed E-state index contributed by atoms with van der Waals surface area (Å²) >= 11 is 12.1. The molecule has 0 atom stereocenters. The van der Waals surface area contributed by atoms with E-state index in [-0.39, 0.29) is 51.8 Å². The number of rotatable bonds is 13. The molecule has 202 valence electrons. The van der Waals surface area contributed by atoms with Gasteiger partial charge < -0.3 is 24.3 Å². The monoisotopic (exact) mass is 561 g/mol. The third-order valence-corrected chi connectivity index (χ3v) is 5.89. The minimum Gasteiger partial charge on any atom is -0.490 e. The van der Waals surface area contributed by atoms with Crippen LogP contribution in [0, 0.1) is 0 Å². The molecule has 2 aromatic rings. The molecule has 1 aliphatic rings. The fraction of sp³-hybridized carbons (Fsp3) is 0.458. The highest BCUT2D eigenvalue weighted by Gasteiger charge is 2.17. The number of aromatic nitrogens is 1. The number of carbonyl (C=O) groups is 2. The fourth-order valence-corrected chi connectivity index (χ4v) is 3.87. The quantitative estimate of drug-likeness (QED) is 0.278. The molecule has 37 heavy (non-hydrogen) atoms. The molecule has 1 aromatic carbocycles. The Morgan fingerprint density at radius 2 is 1.81 bits per heavy atom. The van der Waals surface area contributed by atoms with Crippen LogP contribution in [0.3, 0.4) is 0 Å². The Hall–Kier alpha value is -2.73. The Labute approximate surface area is 222 Å². The average molecular weight is 562 g/mol. The molecule has 1 saturated heterocycles. The standard InChI is InChI=1S/C24H27Cl2F2N3O6/c25-17-14-29-15-18(26)22(17)30-23(33)16-4-5-19(37-24(27)28)20(13-16)35-9-2-1-3-21(32)36-12-8-31-6-10-34-11-7-31/h4-5,13-15,24H,1-3,6-12H2,(H,29,30,33). The third-order valence-electron chi connectivity index (χ3n) is 5.32. The summed E-state index contributed by atoms with van der Waals surface area (Å²) in [5, 5.41) is 2.83. The van der Waals surface area contributed by atoms with E-state index in [1.807, 2.05) is 0 Å². The minimum absolute atomic E-state index is 0.0482. The van der Waals surface area contributed by atoms with Gasteiger partial charge in [0.05, 0.1) is 35.6 Å². The zero-order chi connectivity index (χ0) is 26.6. The molecule has 0 radical (unpaired) electrons. The lowest BCUT2D eigenvalue weighted by molar-refractivity contribution is -0.144. The van der Waals surface area contributed by atoms with E-state index in [1.54, 1.807) is 0 Å². The van der Waals surface area contributed by atoms with E-state index in [2.05, 4.69) is 19.9 Å². The maximum Gasteiger partial charge on any atom is 0.387 e. The lowest BCUT2D eigenvalue weighted by Gasteiger charge is -2.26. The van der Waals surface area contributed by atoms with Gasteiger partial charge in [-0.05, 0) is 31.0 Å². The number of nitrogens with one attached hydrogen (secondary N) is 1. The van der Waals surface area contributed by atoms with Crippen molar-refractivity contribution in [3.8, 4) is 11.5 Å². The highest BCUT2D eigenvalue weighted by atomic mass is 35.5. The summed E-state index contributed by atoms with van der Waals surface area (Å²) in [4.78, 5) is 30.6. The topological polar surface area (TPSA) is 99.2 Å². The van der Waals surface area contributed by atoms with Gasteiger partial charge in [0.15, 0.2) is 11.5 Å². The van der Waals surface area contributed by atoms with Crippen LogP contribution in [0.15, 0.2) is 30.6 Å². The van der Waals surface area contributed by atoms with Crippen molar-refractivity contribution in [1.82, 2.24) is 9.88 Å². The number of nitrogens with zero attached hydrogens (tertiary/aromatic N) is 2. The van der Waals surface area contributed by atoms with Crippen LogP contribution < -0.4 is 14.8 Å². The van der Waals surface area contributed by atoms with Crippen molar-refractivity contribution in [3.63, 3.8) is 0 Å². The van der Waals surface area contributed by atoms with Crippen LogP contribution in [0.4, 0.5) is 14.5 Å². The summed E-state index contributed by atoms with van der Waals surface area (Å²) in [6, 6.07) is 3.78. The Morgan fingerprint density at radius 3 is 2.51 bits per heavy atom. The van der Waals surface area contributed by atoms with Crippen molar-refractivity contribution in [1.29, 1.82) is 0 Å². The molecule has 0 saturated carbocycles. The number of hydrogen-bond donors (Lipinski definition) is 1. The van der Waals surface area contributed by atoms with Gasteiger partial charge in [-0.25, -0.2) is 0 Å². The number of alkyl halides is 2. The maximum atomic E-state index is 12.8. The summed E-state index contributed by atoms with van der Waals surface area (Å²) in [6.45, 7) is 0.999. The maximum absolute atomic E-state index is 12.8. The van der Waals surface area contributed by atoms with Crippen LogP contribution in [0.2, 0.25) is 10.0 Å². The first-order chi connectivity index (χ1) is 17.8. The molecule has 0 aliphatic carbocycles. The van der Waals surface area contributed by atoms with Gasteiger partial charge in [0, 0.05) is 44.0 Å². The number of halogens is 4. The number of esters is 1. The zero-order valence-electron chi connectivity index (χ0n) is 19.9. The molecular formula is C24H27Cl2F2N3O6. The second-order valence-electron chi connectivity index (χ2n) is 7.95. The molecule has 9 nitrogen and oxygen atoms in total. The molecular weight excluding hydrogens is 535 g/mol. The van der Waals surface area contributed by atoms with Crippen molar-refractivity contribution in [3.05, 3.63) is 46.2 Å². The number of carbonyl (C=O) groups excluding carboxylic acids is 2. The molecule has 1 aliphatic heterocycles.